The molecule has 0 spiro atoms. The Labute approximate surface area is 152 Å². The number of H-pyrrole nitrogens is 1. The lowest BCUT2D eigenvalue weighted by Gasteiger charge is -2.03. The Kier molecular flexibility index (Phi) is 9.65. The summed E-state index contributed by atoms with van der Waals surface area (Å²) in [6.07, 6.45) is 8.01. The van der Waals surface area contributed by atoms with Gasteiger partial charge in [0.2, 0.25) is 0 Å². The van der Waals surface area contributed by atoms with Crippen molar-refractivity contribution in [1.82, 2.24) is 20.6 Å². The molecule has 0 atom stereocenters. The maximum absolute atomic E-state index is 5.52. The summed E-state index contributed by atoms with van der Waals surface area (Å²) >= 11 is 0. The van der Waals surface area contributed by atoms with E-state index < -0.39 is 0 Å². The van der Waals surface area contributed by atoms with Crippen molar-refractivity contribution < 1.29 is 9.26 Å². The highest BCUT2D eigenvalue weighted by atomic mass is 35.5. The number of nitrogens with one attached hydrogen (secondary N) is 1. The topological polar surface area (TPSA) is 103 Å². The van der Waals surface area contributed by atoms with E-state index in [1.54, 1.807) is 12.4 Å². The monoisotopic (exact) mass is 363 g/mol. The van der Waals surface area contributed by atoms with E-state index >= 15 is 0 Å². The predicted octanol–water partition coefficient (Wildman–Crippen LogP) is 3.02. The summed E-state index contributed by atoms with van der Waals surface area (Å²) in [5.41, 5.74) is 7.40. The maximum atomic E-state index is 5.52. The molecule has 0 saturated carbocycles. The average Bonchev–Trinajstić information content (AvgIpc) is 3.32. The zero-order chi connectivity index (χ0) is 17.0. The van der Waals surface area contributed by atoms with Crippen molar-refractivity contribution in [2.24, 2.45) is 5.73 Å². The summed E-state index contributed by atoms with van der Waals surface area (Å²) in [5, 5.41) is 13.3. The Morgan fingerprint density at radius 1 is 1.28 bits per heavy atom. The molecule has 0 amide bonds. The molecule has 0 aliphatic rings. The molecule has 0 aliphatic carbocycles. The fraction of sp³-hybridized carbons (Fsp3) is 0.235. The van der Waals surface area contributed by atoms with Gasteiger partial charge in [0, 0.05) is 18.3 Å². The van der Waals surface area contributed by atoms with Gasteiger partial charge in [-0.3, -0.25) is 5.10 Å². The Balaban J connectivity index is 0.000000448. The predicted molar refractivity (Wildman–Crippen MR) is 98.6 cm³/mol. The van der Waals surface area contributed by atoms with Crippen LogP contribution in [-0.2, 0) is 6.42 Å². The van der Waals surface area contributed by atoms with Crippen LogP contribution in [0.4, 0.5) is 0 Å². The first kappa shape index (κ1) is 20.4. The van der Waals surface area contributed by atoms with Gasteiger partial charge in [0.25, 0.3) is 5.88 Å². The number of rotatable bonds is 6. The van der Waals surface area contributed by atoms with Crippen molar-refractivity contribution in [3.05, 3.63) is 60.4 Å². The fourth-order valence-corrected chi connectivity index (χ4v) is 1.96. The zero-order valence-corrected chi connectivity index (χ0v) is 14.8. The number of nitrogens with two attached hydrogens (primary N) is 1. The van der Waals surface area contributed by atoms with Gasteiger partial charge in [0.1, 0.15) is 6.61 Å². The number of aromatic nitrogens is 4. The lowest BCUT2D eigenvalue weighted by molar-refractivity contribution is 0.287. The van der Waals surface area contributed by atoms with Gasteiger partial charge >= 0.3 is 0 Å². The molecule has 0 saturated heterocycles. The highest BCUT2D eigenvalue weighted by molar-refractivity contribution is 5.85. The van der Waals surface area contributed by atoms with Crippen molar-refractivity contribution in [3.63, 3.8) is 0 Å². The molecule has 0 bridgehead atoms. The van der Waals surface area contributed by atoms with Crippen LogP contribution < -0.4 is 10.5 Å². The van der Waals surface area contributed by atoms with Gasteiger partial charge in [-0.2, -0.15) is 0 Å². The molecule has 0 aliphatic heterocycles. The standard InChI is InChI=1S/C15H18N2O2.C2H3N3.ClH/c1-2-3-9-13-14(12-7-5-4-6-8-12)19-17-15(13)18-11-10-16;1-2-4-5-3-1;/h2-8H,9-11,16H2,1H3;1-2H,(H,3,4,5);1H. The molecule has 134 valence electrons. The summed E-state index contributed by atoms with van der Waals surface area (Å²) in [6, 6.07) is 9.89. The van der Waals surface area contributed by atoms with E-state index in [9.17, 15) is 0 Å². The van der Waals surface area contributed by atoms with Crippen LogP contribution in [0.3, 0.4) is 0 Å². The van der Waals surface area contributed by atoms with Crippen molar-refractivity contribution in [2.75, 3.05) is 13.2 Å². The molecule has 3 rings (SSSR count). The molecule has 7 nitrogen and oxygen atoms in total. The molecule has 3 N–H and O–H groups in total. The van der Waals surface area contributed by atoms with E-state index in [2.05, 4.69) is 20.6 Å². The Morgan fingerprint density at radius 2 is 2.08 bits per heavy atom. The molecule has 25 heavy (non-hydrogen) atoms. The van der Waals surface area contributed by atoms with Crippen LogP contribution in [0.1, 0.15) is 12.5 Å². The number of nitrogens with zero attached hydrogens (tertiary/aromatic N) is 3. The summed E-state index contributed by atoms with van der Waals surface area (Å²) < 4.78 is 10.9. The largest absolute Gasteiger partial charge is 0.474 e. The van der Waals surface area contributed by atoms with E-state index in [4.69, 9.17) is 15.0 Å². The highest BCUT2D eigenvalue weighted by Gasteiger charge is 2.17. The Hall–Kier alpha value is -2.64. The molecule has 0 unspecified atom stereocenters. The summed E-state index contributed by atoms with van der Waals surface area (Å²) in [6.45, 7) is 2.87. The van der Waals surface area contributed by atoms with Crippen molar-refractivity contribution in [3.8, 4) is 17.2 Å². The van der Waals surface area contributed by atoms with Crippen LogP contribution in [-0.4, -0.2) is 33.7 Å². The van der Waals surface area contributed by atoms with Gasteiger partial charge in [-0.25, -0.2) is 0 Å². The van der Waals surface area contributed by atoms with Crippen molar-refractivity contribution in [2.45, 2.75) is 13.3 Å². The second kappa shape index (κ2) is 11.8. The number of hydrogen-bond acceptors (Lipinski definition) is 6. The van der Waals surface area contributed by atoms with E-state index in [0.717, 1.165) is 23.3 Å². The van der Waals surface area contributed by atoms with E-state index in [-0.39, 0.29) is 12.4 Å². The number of ether oxygens (including phenoxy) is 1. The summed E-state index contributed by atoms with van der Waals surface area (Å²) in [7, 11) is 0. The third kappa shape index (κ3) is 6.40. The number of allylic oxidation sites excluding steroid dienone is 2. The van der Waals surface area contributed by atoms with E-state index in [1.807, 2.05) is 49.4 Å². The molecule has 2 heterocycles. The first-order chi connectivity index (χ1) is 11.9. The van der Waals surface area contributed by atoms with E-state index in [0.29, 0.717) is 19.0 Å². The van der Waals surface area contributed by atoms with Gasteiger partial charge in [-0.15, -0.1) is 17.5 Å². The first-order valence-corrected chi connectivity index (χ1v) is 7.65. The number of hydrogen-bond donors (Lipinski definition) is 2. The number of halogens is 1. The van der Waals surface area contributed by atoms with Crippen LogP contribution in [0.5, 0.6) is 5.88 Å². The maximum Gasteiger partial charge on any atom is 0.258 e. The molecule has 8 heteroatoms. The molecule has 1 aromatic carbocycles. The van der Waals surface area contributed by atoms with Crippen LogP contribution in [0.15, 0.2) is 59.4 Å². The summed E-state index contributed by atoms with van der Waals surface area (Å²) in [4.78, 5) is 0. The third-order valence-electron chi connectivity index (χ3n) is 3.03. The molecule has 2 aromatic heterocycles. The fourth-order valence-electron chi connectivity index (χ4n) is 1.96. The normalized spacial score (nSPS) is 10.0. The minimum Gasteiger partial charge on any atom is -0.474 e. The lowest BCUT2D eigenvalue weighted by Crippen LogP contribution is -2.11. The zero-order valence-electron chi connectivity index (χ0n) is 14.0. The van der Waals surface area contributed by atoms with Gasteiger partial charge in [-0.05, 0) is 18.5 Å². The Bertz CT molecular complexity index is 697. The smallest absolute Gasteiger partial charge is 0.258 e. The second-order valence-corrected chi connectivity index (χ2v) is 4.73. The van der Waals surface area contributed by atoms with Crippen LogP contribution in [0.2, 0.25) is 0 Å². The molecule has 3 aromatic rings. The first-order valence-electron chi connectivity index (χ1n) is 7.65. The highest BCUT2D eigenvalue weighted by Crippen LogP contribution is 2.31. The van der Waals surface area contributed by atoms with Crippen LogP contribution >= 0.6 is 12.4 Å². The molecule has 0 fully saturated rings. The van der Waals surface area contributed by atoms with Gasteiger partial charge < -0.3 is 15.0 Å². The summed E-state index contributed by atoms with van der Waals surface area (Å²) in [5.74, 6) is 1.29. The number of aromatic amines is 1. The molecular formula is C17H22ClN5O2. The molecule has 0 radical (unpaired) electrons. The van der Waals surface area contributed by atoms with Crippen molar-refractivity contribution >= 4 is 12.4 Å². The van der Waals surface area contributed by atoms with Crippen LogP contribution in [0, 0.1) is 0 Å². The second-order valence-electron chi connectivity index (χ2n) is 4.73. The minimum atomic E-state index is 0. The Morgan fingerprint density at radius 3 is 2.64 bits per heavy atom. The van der Waals surface area contributed by atoms with Gasteiger partial charge in [0.05, 0.1) is 11.8 Å². The van der Waals surface area contributed by atoms with Crippen molar-refractivity contribution in [1.29, 1.82) is 0 Å². The van der Waals surface area contributed by atoms with Gasteiger partial charge in [-0.1, -0.05) is 47.7 Å². The number of benzene rings is 1. The minimum absolute atomic E-state index is 0. The van der Waals surface area contributed by atoms with Gasteiger partial charge in [0.15, 0.2) is 5.76 Å². The molecular weight excluding hydrogens is 342 g/mol. The lowest BCUT2D eigenvalue weighted by atomic mass is 10.1. The third-order valence-corrected chi connectivity index (χ3v) is 3.03. The average molecular weight is 364 g/mol. The SMILES string of the molecule is CC=CCc1c(OCCN)noc1-c1ccccc1.Cl.c1c[nH]nn1. The van der Waals surface area contributed by atoms with Crippen LogP contribution in [0.25, 0.3) is 11.3 Å². The van der Waals surface area contributed by atoms with E-state index in [1.165, 1.54) is 0 Å². The quantitative estimate of drug-likeness (QED) is 0.652.